The molecule has 4 N–H and O–H groups in total. The van der Waals surface area contributed by atoms with Gasteiger partial charge in [-0.1, -0.05) is 33.6 Å². The highest BCUT2D eigenvalue weighted by Gasteiger charge is 2.28. The number of likely N-dealkylation sites (tertiary alicyclic amines) is 1. The van der Waals surface area contributed by atoms with Crippen LogP contribution in [0.3, 0.4) is 0 Å². The molecule has 0 bridgehead atoms. The van der Waals surface area contributed by atoms with Gasteiger partial charge in [0.1, 0.15) is 5.82 Å². The first-order valence-electron chi connectivity index (χ1n) is 12.4. The monoisotopic (exact) mass is 471 g/mol. The number of fused-ring (bicyclic) bond motifs is 1. The number of carbonyl (C=O) groups excluding carboxylic acids is 3. The summed E-state index contributed by atoms with van der Waals surface area (Å²) >= 11 is 0. The molecule has 0 unspecified atom stereocenters. The number of piperidine rings is 1. The van der Waals surface area contributed by atoms with Gasteiger partial charge in [0.15, 0.2) is 0 Å². The Morgan fingerprint density at radius 1 is 1.18 bits per heavy atom. The van der Waals surface area contributed by atoms with Crippen molar-refractivity contribution < 1.29 is 19.6 Å². The van der Waals surface area contributed by atoms with Crippen LogP contribution in [0.1, 0.15) is 87.9 Å². The van der Waals surface area contributed by atoms with Crippen molar-refractivity contribution in [2.45, 2.75) is 71.8 Å². The summed E-state index contributed by atoms with van der Waals surface area (Å²) in [6.45, 7) is 7.59. The molecule has 0 aliphatic carbocycles. The van der Waals surface area contributed by atoms with E-state index in [0.717, 1.165) is 49.8 Å². The van der Waals surface area contributed by atoms with Crippen LogP contribution in [-0.2, 0) is 9.59 Å². The number of rotatable bonds is 10. The van der Waals surface area contributed by atoms with E-state index in [4.69, 9.17) is 5.21 Å². The molecular formula is C25H37N5O4. The van der Waals surface area contributed by atoms with Crippen LogP contribution < -0.4 is 10.8 Å². The van der Waals surface area contributed by atoms with Crippen molar-refractivity contribution in [1.29, 1.82) is 0 Å². The summed E-state index contributed by atoms with van der Waals surface area (Å²) in [5.41, 5.74) is 3.73. The zero-order valence-electron chi connectivity index (χ0n) is 20.4. The van der Waals surface area contributed by atoms with Crippen LogP contribution in [0.2, 0.25) is 0 Å². The first kappa shape index (κ1) is 25.7. The normalized spacial score (nSPS) is 15.9. The molecule has 1 aromatic carbocycles. The first-order valence-corrected chi connectivity index (χ1v) is 12.4. The molecule has 2 atom stereocenters. The van der Waals surface area contributed by atoms with Crippen molar-refractivity contribution in [3.63, 3.8) is 0 Å². The highest BCUT2D eigenvalue weighted by Crippen LogP contribution is 2.25. The maximum Gasteiger partial charge on any atom is 0.253 e. The van der Waals surface area contributed by atoms with Crippen LogP contribution in [0, 0.1) is 11.8 Å². The Morgan fingerprint density at radius 2 is 1.91 bits per heavy atom. The molecule has 1 aliphatic rings. The zero-order valence-corrected chi connectivity index (χ0v) is 20.4. The number of carbonyl (C=O) groups is 3. The summed E-state index contributed by atoms with van der Waals surface area (Å²) in [7, 11) is 0. The molecule has 1 aliphatic heterocycles. The minimum atomic E-state index is -0.577. The molecule has 0 saturated carbocycles. The molecule has 1 fully saturated rings. The summed E-state index contributed by atoms with van der Waals surface area (Å²) in [4.78, 5) is 47.5. The Bertz CT molecular complexity index is 996. The molecular weight excluding hydrogens is 434 g/mol. The second kappa shape index (κ2) is 12.0. The van der Waals surface area contributed by atoms with Gasteiger partial charge in [-0.25, -0.2) is 10.5 Å². The zero-order chi connectivity index (χ0) is 24.7. The van der Waals surface area contributed by atoms with E-state index in [-0.39, 0.29) is 30.2 Å². The van der Waals surface area contributed by atoms with E-state index in [1.54, 1.807) is 11.5 Å². The standard InChI is InChI=1S/C25H37N5O4/c1-4-5-9-17(15-21(31)29-34)24(32)28-22(16(2)3)23-26-19-11-10-18(14-20(19)27-23)25(33)30-12-7-6-8-13-30/h10-11,14,16-17,22,34H,4-9,12-13,15H2,1-3H3,(H,26,27)(H,28,32)(H,29,31)/t17-,22+/m1/s1. The Balaban J connectivity index is 1.79. The molecule has 3 rings (SSSR count). The van der Waals surface area contributed by atoms with Gasteiger partial charge in [-0.05, 0) is 49.8 Å². The Morgan fingerprint density at radius 3 is 2.56 bits per heavy atom. The predicted molar refractivity (Wildman–Crippen MR) is 129 cm³/mol. The lowest BCUT2D eigenvalue weighted by atomic mass is 9.95. The van der Waals surface area contributed by atoms with Crippen LogP contribution in [-0.4, -0.2) is 50.9 Å². The van der Waals surface area contributed by atoms with Gasteiger partial charge in [-0.3, -0.25) is 19.6 Å². The SMILES string of the molecule is CCCC[C@H](CC(=O)NO)C(=O)N[C@H](c1nc2ccc(C(=O)N3CCCCC3)cc2[nH]1)C(C)C. The van der Waals surface area contributed by atoms with Gasteiger partial charge in [-0.2, -0.15) is 0 Å². The third kappa shape index (κ3) is 6.34. The fraction of sp³-hybridized carbons (Fsp3) is 0.600. The van der Waals surface area contributed by atoms with Crippen molar-refractivity contribution in [3.05, 3.63) is 29.6 Å². The van der Waals surface area contributed by atoms with E-state index < -0.39 is 11.8 Å². The van der Waals surface area contributed by atoms with Gasteiger partial charge in [0, 0.05) is 31.0 Å². The lowest BCUT2D eigenvalue weighted by Gasteiger charge is -2.26. The van der Waals surface area contributed by atoms with Crippen LogP contribution >= 0.6 is 0 Å². The van der Waals surface area contributed by atoms with Crippen molar-refractivity contribution in [1.82, 2.24) is 25.7 Å². The Labute approximate surface area is 200 Å². The fourth-order valence-electron chi connectivity index (χ4n) is 4.46. The highest BCUT2D eigenvalue weighted by atomic mass is 16.5. The molecule has 0 radical (unpaired) electrons. The fourth-order valence-corrected chi connectivity index (χ4v) is 4.46. The van der Waals surface area contributed by atoms with Gasteiger partial charge in [0.05, 0.1) is 17.1 Å². The van der Waals surface area contributed by atoms with E-state index in [1.165, 1.54) is 6.42 Å². The summed E-state index contributed by atoms with van der Waals surface area (Å²) in [6, 6.07) is 5.09. The van der Waals surface area contributed by atoms with Gasteiger partial charge >= 0.3 is 0 Å². The number of hydroxylamine groups is 1. The predicted octanol–water partition coefficient (Wildman–Crippen LogP) is 3.70. The topological polar surface area (TPSA) is 127 Å². The molecule has 9 nitrogen and oxygen atoms in total. The minimum absolute atomic E-state index is 0.0346. The summed E-state index contributed by atoms with van der Waals surface area (Å²) in [5.74, 6) is -0.665. The van der Waals surface area contributed by atoms with E-state index in [1.807, 2.05) is 37.8 Å². The third-order valence-electron chi connectivity index (χ3n) is 6.48. The maximum atomic E-state index is 13.1. The van der Waals surface area contributed by atoms with E-state index in [0.29, 0.717) is 17.8 Å². The average Bonchev–Trinajstić information content (AvgIpc) is 3.27. The molecule has 186 valence electrons. The van der Waals surface area contributed by atoms with Crippen LogP contribution in [0.25, 0.3) is 11.0 Å². The van der Waals surface area contributed by atoms with Gasteiger partial charge < -0.3 is 15.2 Å². The van der Waals surface area contributed by atoms with E-state index in [2.05, 4.69) is 15.3 Å². The van der Waals surface area contributed by atoms with Crippen LogP contribution in [0.4, 0.5) is 0 Å². The second-order valence-electron chi connectivity index (χ2n) is 9.52. The van der Waals surface area contributed by atoms with Crippen molar-refractivity contribution in [3.8, 4) is 0 Å². The number of unbranched alkanes of at least 4 members (excludes halogenated alkanes) is 1. The van der Waals surface area contributed by atoms with Gasteiger partial charge in [0.25, 0.3) is 5.91 Å². The highest BCUT2D eigenvalue weighted by molar-refractivity contribution is 5.97. The molecule has 2 aromatic rings. The molecule has 34 heavy (non-hydrogen) atoms. The quantitative estimate of drug-likeness (QED) is 0.310. The minimum Gasteiger partial charge on any atom is -0.346 e. The number of imidazole rings is 1. The number of nitrogens with zero attached hydrogens (tertiary/aromatic N) is 2. The average molecular weight is 472 g/mol. The van der Waals surface area contributed by atoms with Crippen molar-refractivity contribution >= 4 is 28.8 Å². The molecule has 1 saturated heterocycles. The molecule has 3 amide bonds. The number of H-pyrrole nitrogens is 1. The first-order chi connectivity index (χ1) is 16.3. The number of hydrogen-bond acceptors (Lipinski definition) is 5. The Kier molecular flexibility index (Phi) is 9.04. The second-order valence-corrected chi connectivity index (χ2v) is 9.52. The van der Waals surface area contributed by atoms with Gasteiger partial charge in [-0.15, -0.1) is 0 Å². The molecule has 2 heterocycles. The summed E-state index contributed by atoms with van der Waals surface area (Å²) in [5, 5.41) is 11.9. The number of nitrogens with one attached hydrogen (secondary N) is 3. The number of benzene rings is 1. The lowest BCUT2D eigenvalue weighted by Crippen LogP contribution is -2.38. The smallest absolute Gasteiger partial charge is 0.253 e. The van der Waals surface area contributed by atoms with Crippen molar-refractivity contribution in [2.75, 3.05) is 13.1 Å². The molecule has 9 heteroatoms. The van der Waals surface area contributed by atoms with Crippen molar-refractivity contribution in [2.24, 2.45) is 11.8 Å². The maximum absolute atomic E-state index is 13.1. The third-order valence-corrected chi connectivity index (χ3v) is 6.48. The number of amides is 3. The summed E-state index contributed by atoms with van der Waals surface area (Å²) in [6.07, 6.45) is 5.44. The van der Waals surface area contributed by atoms with Crippen LogP contribution in [0.5, 0.6) is 0 Å². The summed E-state index contributed by atoms with van der Waals surface area (Å²) < 4.78 is 0. The number of aromatic nitrogens is 2. The number of hydrogen-bond donors (Lipinski definition) is 4. The molecule has 1 aromatic heterocycles. The van der Waals surface area contributed by atoms with E-state index in [9.17, 15) is 14.4 Å². The van der Waals surface area contributed by atoms with Gasteiger partial charge in [0.2, 0.25) is 11.8 Å². The molecule has 0 spiro atoms. The largest absolute Gasteiger partial charge is 0.346 e. The Hall–Kier alpha value is -2.94. The van der Waals surface area contributed by atoms with Crippen LogP contribution in [0.15, 0.2) is 18.2 Å². The number of aromatic amines is 1. The lowest BCUT2D eigenvalue weighted by molar-refractivity contribution is -0.135. The van der Waals surface area contributed by atoms with E-state index >= 15 is 0 Å².